The van der Waals surface area contributed by atoms with Crippen molar-refractivity contribution in [3.05, 3.63) is 54.1 Å². The Morgan fingerprint density at radius 3 is 2.63 bits per heavy atom. The fraction of sp³-hybridized carbons (Fsp3) is 0.250. The van der Waals surface area contributed by atoms with Crippen molar-refractivity contribution in [3.8, 4) is 22.9 Å². The fourth-order valence-electron chi connectivity index (χ4n) is 2.87. The first kappa shape index (κ1) is 19.4. The van der Waals surface area contributed by atoms with Gasteiger partial charge in [0.25, 0.3) is 5.91 Å². The molecule has 10 nitrogen and oxygen atoms in total. The summed E-state index contributed by atoms with van der Waals surface area (Å²) in [6.45, 7) is 1.35. The zero-order valence-corrected chi connectivity index (χ0v) is 16.1. The average Bonchev–Trinajstić information content (AvgIpc) is 3.26. The van der Waals surface area contributed by atoms with Gasteiger partial charge < -0.3 is 9.47 Å². The number of benzene rings is 2. The molecule has 2 N–H and O–H groups in total. The largest absolute Gasteiger partial charge is 0.486 e. The van der Waals surface area contributed by atoms with Crippen molar-refractivity contribution in [1.29, 1.82) is 0 Å². The quantitative estimate of drug-likeness (QED) is 0.591. The van der Waals surface area contributed by atoms with Gasteiger partial charge in [0.2, 0.25) is 11.7 Å². The molecule has 1 aliphatic rings. The Morgan fingerprint density at radius 1 is 1.00 bits per heavy atom. The highest BCUT2D eigenvalue weighted by Crippen LogP contribution is 2.30. The third-order valence-corrected chi connectivity index (χ3v) is 4.37. The number of rotatable bonds is 6. The Kier molecular flexibility index (Phi) is 5.83. The van der Waals surface area contributed by atoms with Gasteiger partial charge in [-0.25, -0.2) is 0 Å². The Morgan fingerprint density at radius 2 is 1.80 bits per heavy atom. The summed E-state index contributed by atoms with van der Waals surface area (Å²) in [5, 5.41) is 12.3. The fourth-order valence-corrected chi connectivity index (χ4v) is 2.87. The second-order valence-corrected chi connectivity index (χ2v) is 6.54. The van der Waals surface area contributed by atoms with E-state index in [0.717, 1.165) is 5.56 Å². The lowest BCUT2D eigenvalue weighted by Gasteiger charge is -2.18. The van der Waals surface area contributed by atoms with Gasteiger partial charge in [-0.15, -0.1) is 10.2 Å². The first-order chi connectivity index (χ1) is 14.7. The third kappa shape index (κ3) is 4.72. The van der Waals surface area contributed by atoms with Crippen LogP contribution >= 0.6 is 0 Å². The van der Waals surface area contributed by atoms with Gasteiger partial charge in [-0.1, -0.05) is 30.3 Å². The van der Waals surface area contributed by atoms with Crippen molar-refractivity contribution < 1.29 is 19.1 Å². The third-order valence-electron chi connectivity index (χ3n) is 4.37. The van der Waals surface area contributed by atoms with Crippen LogP contribution in [0.5, 0.6) is 11.5 Å². The number of amides is 2. The van der Waals surface area contributed by atoms with Crippen molar-refractivity contribution in [2.45, 2.75) is 19.4 Å². The molecular formula is C20H20N6O4. The summed E-state index contributed by atoms with van der Waals surface area (Å²) in [5.41, 5.74) is 6.04. The summed E-state index contributed by atoms with van der Waals surface area (Å²) in [6.07, 6.45) is 0.694. The van der Waals surface area contributed by atoms with Crippen LogP contribution < -0.4 is 20.3 Å². The first-order valence-electron chi connectivity index (χ1n) is 9.51. The molecule has 1 aliphatic heterocycles. The van der Waals surface area contributed by atoms with E-state index >= 15 is 0 Å². The van der Waals surface area contributed by atoms with E-state index in [0.29, 0.717) is 49.1 Å². The molecule has 0 aliphatic carbocycles. The van der Waals surface area contributed by atoms with Crippen LogP contribution in [0.3, 0.4) is 0 Å². The summed E-state index contributed by atoms with van der Waals surface area (Å²) in [4.78, 5) is 25.7. The maximum absolute atomic E-state index is 12.2. The topological polar surface area (TPSA) is 120 Å². The molecule has 154 valence electrons. The smallest absolute Gasteiger partial charge is 0.269 e. The number of carbonyl (C=O) groups excluding carboxylic acids is 2. The van der Waals surface area contributed by atoms with Crippen molar-refractivity contribution >= 4 is 11.8 Å². The molecule has 4 rings (SSSR count). The first-order valence-corrected chi connectivity index (χ1v) is 9.51. The van der Waals surface area contributed by atoms with E-state index in [4.69, 9.17) is 9.47 Å². The molecule has 0 atom stereocenters. The number of hydrogen-bond acceptors (Lipinski definition) is 7. The van der Waals surface area contributed by atoms with Crippen LogP contribution in [0, 0.1) is 0 Å². The molecule has 3 aromatic rings. The highest BCUT2D eigenvalue weighted by molar-refractivity contribution is 5.96. The SMILES string of the molecule is O=C(CCCn1nnc(-c2ccccc2)n1)NNC(=O)c1ccc2c(c1)OCCO2. The number of aryl methyl sites for hydroxylation is 1. The predicted molar refractivity (Wildman–Crippen MR) is 106 cm³/mol. The van der Waals surface area contributed by atoms with Gasteiger partial charge in [0, 0.05) is 17.5 Å². The molecule has 0 unspecified atom stereocenters. The maximum atomic E-state index is 12.2. The monoisotopic (exact) mass is 408 g/mol. The second kappa shape index (κ2) is 9.03. The van der Waals surface area contributed by atoms with E-state index < -0.39 is 5.91 Å². The van der Waals surface area contributed by atoms with E-state index in [1.54, 1.807) is 18.2 Å². The molecule has 0 bridgehead atoms. The Labute approximate surface area is 172 Å². The Bertz CT molecular complexity index is 1040. The molecule has 0 saturated carbocycles. The van der Waals surface area contributed by atoms with Gasteiger partial charge >= 0.3 is 0 Å². The van der Waals surface area contributed by atoms with Gasteiger partial charge in [0.15, 0.2) is 11.5 Å². The summed E-state index contributed by atoms with van der Waals surface area (Å²) in [5.74, 6) is 0.885. The van der Waals surface area contributed by atoms with E-state index in [2.05, 4.69) is 26.3 Å². The highest BCUT2D eigenvalue weighted by Gasteiger charge is 2.15. The summed E-state index contributed by atoms with van der Waals surface area (Å²) >= 11 is 0. The molecule has 2 aromatic carbocycles. The van der Waals surface area contributed by atoms with Crippen LogP contribution in [0.4, 0.5) is 0 Å². The molecule has 0 saturated heterocycles. The maximum Gasteiger partial charge on any atom is 0.269 e. The number of fused-ring (bicyclic) bond motifs is 1. The molecule has 0 radical (unpaired) electrons. The molecular weight excluding hydrogens is 388 g/mol. The van der Waals surface area contributed by atoms with Gasteiger partial charge in [0.1, 0.15) is 13.2 Å². The highest BCUT2D eigenvalue weighted by atomic mass is 16.6. The van der Waals surface area contributed by atoms with Gasteiger partial charge in [0.05, 0.1) is 6.54 Å². The van der Waals surface area contributed by atoms with Gasteiger partial charge in [-0.2, -0.15) is 4.80 Å². The lowest BCUT2D eigenvalue weighted by molar-refractivity contribution is -0.122. The second-order valence-electron chi connectivity index (χ2n) is 6.54. The molecule has 0 fully saturated rings. The molecule has 2 amide bonds. The van der Waals surface area contributed by atoms with Crippen molar-refractivity contribution in [3.63, 3.8) is 0 Å². The Balaban J connectivity index is 1.21. The molecule has 0 spiro atoms. The van der Waals surface area contributed by atoms with Crippen molar-refractivity contribution in [2.24, 2.45) is 0 Å². The zero-order chi connectivity index (χ0) is 20.8. The number of aromatic nitrogens is 4. The Hall–Kier alpha value is -3.95. The van der Waals surface area contributed by atoms with Crippen LogP contribution in [-0.4, -0.2) is 45.2 Å². The molecule has 2 heterocycles. The minimum absolute atomic E-state index is 0.198. The summed E-state index contributed by atoms with van der Waals surface area (Å²) in [6, 6.07) is 14.4. The van der Waals surface area contributed by atoms with Crippen LogP contribution in [0.15, 0.2) is 48.5 Å². The summed E-state index contributed by atoms with van der Waals surface area (Å²) in [7, 11) is 0. The number of hydrogen-bond donors (Lipinski definition) is 2. The zero-order valence-electron chi connectivity index (χ0n) is 16.1. The van der Waals surface area contributed by atoms with Crippen LogP contribution in [0.2, 0.25) is 0 Å². The number of ether oxygens (including phenoxy) is 2. The standard InChI is InChI=1S/C20H20N6O4/c27-18(7-4-10-26-24-19(22-25-26)14-5-2-1-3-6-14)21-23-20(28)15-8-9-16-17(13-15)30-12-11-29-16/h1-3,5-6,8-9,13H,4,7,10-12H2,(H,21,27)(H,23,28). The van der Waals surface area contributed by atoms with Gasteiger partial charge in [-0.05, 0) is 29.8 Å². The molecule has 30 heavy (non-hydrogen) atoms. The minimum Gasteiger partial charge on any atom is -0.486 e. The van der Waals surface area contributed by atoms with Crippen molar-refractivity contribution in [2.75, 3.05) is 13.2 Å². The van der Waals surface area contributed by atoms with Gasteiger partial charge in [-0.3, -0.25) is 20.4 Å². The minimum atomic E-state index is -0.439. The summed E-state index contributed by atoms with van der Waals surface area (Å²) < 4.78 is 10.9. The van der Waals surface area contributed by atoms with E-state index in [-0.39, 0.29) is 12.3 Å². The number of nitrogens with one attached hydrogen (secondary N) is 2. The van der Waals surface area contributed by atoms with Crippen molar-refractivity contribution in [1.82, 2.24) is 31.1 Å². The van der Waals surface area contributed by atoms with Crippen LogP contribution in [-0.2, 0) is 11.3 Å². The van der Waals surface area contributed by atoms with E-state index in [1.807, 2.05) is 30.3 Å². The van der Waals surface area contributed by atoms with Crippen LogP contribution in [0.25, 0.3) is 11.4 Å². The number of carbonyl (C=O) groups is 2. The lowest BCUT2D eigenvalue weighted by atomic mass is 10.2. The molecule has 1 aromatic heterocycles. The number of nitrogens with zero attached hydrogens (tertiary/aromatic N) is 4. The average molecular weight is 408 g/mol. The molecule has 10 heteroatoms. The van der Waals surface area contributed by atoms with E-state index in [9.17, 15) is 9.59 Å². The predicted octanol–water partition coefficient (Wildman–Crippen LogP) is 1.35. The number of tetrazole rings is 1. The number of hydrazine groups is 1. The lowest BCUT2D eigenvalue weighted by Crippen LogP contribution is -2.41. The normalized spacial score (nSPS) is 12.3. The van der Waals surface area contributed by atoms with E-state index in [1.165, 1.54) is 4.80 Å². The van der Waals surface area contributed by atoms with Crippen LogP contribution in [0.1, 0.15) is 23.2 Å².